The lowest BCUT2D eigenvalue weighted by Gasteiger charge is -2.07. The van der Waals surface area contributed by atoms with E-state index < -0.39 is 9.84 Å². The summed E-state index contributed by atoms with van der Waals surface area (Å²) in [5, 5.41) is 3.89. The van der Waals surface area contributed by atoms with Crippen LogP contribution in [0.1, 0.15) is 6.42 Å². The first-order valence-corrected chi connectivity index (χ1v) is 11.6. The maximum atomic E-state index is 13.2. The molecule has 0 atom stereocenters. The first-order valence-electron chi connectivity index (χ1n) is 9.40. The van der Waals surface area contributed by atoms with Crippen LogP contribution in [0.4, 0.5) is 5.88 Å². The van der Waals surface area contributed by atoms with Crippen molar-refractivity contribution >= 4 is 38.9 Å². The fourth-order valence-corrected chi connectivity index (χ4v) is 4.45. The van der Waals surface area contributed by atoms with Gasteiger partial charge in [-0.25, -0.2) is 13.4 Å². The van der Waals surface area contributed by atoms with Crippen LogP contribution in [0, 0.1) is 0 Å². The molecule has 2 aromatic carbocycles. The molecule has 4 rings (SSSR count). The molecule has 2 aromatic heterocycles. The van der Waals surface area contributed by atoms with Gasteiger partial charge in [0, 0.05) is 41.1 Å². The predicted octanol–water partition coefficient (Wildman–Crippen LogP) is 5.18. The van der Waals surface area contributed by atoms with Crippen LogP contribution in [0.3, 0.4) is 0 Å². The highest BCUT2D eigenvalue weighted by molar-refractivity contribution is 7.91. The van der Waals surface area contributed by atoms with Crippen LogP contribution in [-0.4, -0.2) is 29.5 Å². The molecule has 10 heteroatoms. The summed E-state index contributed by atoms with van der Waals surface area (Å²) in [7, 11) is -3.93. The number of anilines is 1. The molecule has 4 aromatic rings. The second kappa shape index (κ2) is 9.13. The van der Waals surface area contributed by atoms with Gasteiger partial charge in [-0.1, -0.05) is 23.2 Å². The molecular weight excluding hydrogens is 459 g/mol. The molecule has 0 amide bonds. The number of benzene rings is 2. The van der Waals surface area contributed by atoms with Gasteiger partial charge in [-0.2, -0.15) is 4.98 Å². The Morgan fingerprint density at radius 2 is 1.68 bits per heavy atom. The number of hydrogen-bond donors (Lipinski definition) is 1. The third-order valence-electron chi connectivity index (χ3n) is 4.50. The summed E-state index contributed by atoms with van der Waals surface area (Å²) >= 11 is 11.9. The summed E-state index contributed by atoms with van der Waals surface area (Å²) in [4.78, 5) is 8.38. The van der Waals surface area contributed by atoms with E-state index in [1.807, 2.05) is 10.8 Å². The summed E-state index contributed by atoms with van der Waals surface area (Å²) in [5.41, 5.74) is 0.614. The average molecular weight is 477 g/mol. The molecule has 2 heterocycles. The van der Waals surface area contributed by atoms with Crippen molar-refractivity contribution in [2.75, 3.05) is 11.9 Å². The molecule has 7 nitrogen and oxygen atoms in total. The average Bonchev–Trinajstić information content (AvgIpc) is 3.42. The number of sulfone groups is 1. The Balaban J connectivity index is 1.64. The molecule has 31 heavy (non-hydrogen) atoms. The van der Waals surface area contributed by atoms with Gasteiger partial charge in [-0.05, 0) is 55.0 Å². The van der Waals surface area contributed by atoms with Crippen molar-refractivity contribution in [1.29, 1.82) is 0 Å². The van der Waals surface area contributed by atoms with E-state index in [0.717, 1.165) is 13.0 Å². The summed E-state index contributed by atoms with van der Waals surface area (Å²) in [6, 6.07) is 12.7. The first kappa shape index (κ1) is 21.4. The van der Waals surface area contributed by atoms with E-state index in [-0.39, 0.29) is 21.7 Å². The molecule has 0 aliphatic rings. The lowest BCUT2D eigenvalue weighted by atomic mass is 10.2. The van der Waals surface area contributed by atoms with Gasteiger partial charge < -0.3 is 14.3 Å². The number of oxazole rings is 1. The maximum Gasteiger partial charge on any atom is 0.233 e. The van der Waals surface area contributed by atoms with Crippen LogP contribution in [0.2, 0.25) is 10.0 Å². The Bertz CT molecular complexity index is 1250. The highest BCUT2D eigenvalue weighted by Crippen LogP contribution is 2.33. The maximum absolute atomic E-state index is 13.2. The third kappa shape index (κ3) is 4.92. The Kier molecular flexibility index (Phi) is 6.31. The molecule has 0 spiro atoms. The molecule has 0 unspecified atom stereocenters. The molecule has 0 bridgehead atoms. The summed E-state index contributed by atoms with van der Waals surface area (Å²) in [5.74, 6) is 0.270. The molecule has 1 N–H and O–H groups in total. The Morgan fingerprint density at radius 1 is 1.00 bits per heavy atom. The summed E-state index contributed by atoms with van der Waals surface area (Å²) in [6.45, 7) is 1.21. The van der Waals surface area contributed by atoms with Crippen molar-refractivity contribution in [2.45, 2.75) is 22.9 Å². The molecule has 0 saturated carbocycles. The largest absolute Gasteiger partial charge is 0.419 e. The zero-order valence-electron chi connectivity index (χ0n) is 16.2. The summed E-state index contributed by atoms with van der Waals surface area (Å²) in [6.07, 6.45) is 6.03. The molecule has 160 valence electrons. The smallest absolute Gasteiger partial charge is 0.233 e. The van der Waals surface area contributed by atoms with Crippen LogP contribution in [-0.2, 0) is 16.4 Å². The minimum atomic E-state index is -3.93. The fraction of sp³-hybridized carbons (Fsp3) is 0.143. The van der Waals surface area contributed by atoms with Gasteiger partial charge in [0.2, 0.25) is 26.6 Å². The number of nitrogens with one attached hydrogen (secondary N) is 1. The van der Waals surface area contributed by atoms with E-state index in [1.54, 1.807) is 36.8 Å². The van der Waals surface area contributed by atoms with Crippen molar-refractivity contribution < 1.29 is 12.8 Å². The number of nitrogens with zero attached hydrogens (tertiary/aromatic N) is 3. The van der Waals surface area contributed by atoms with Crippen LogP contribution in [0.5, 0.6) is 0 Å². The SMILES string of the molecule is O=S(=O)(c1ccc(Cl)cc1)c1nc(-c2ccc(Cl)cc2)oc1NCCCn1ccnc1. The van der Waals surface area contributed by atoms with Crippen molar-refractivity contribution in [2.24, 2.45) is 0 Å². The Hall–Kier alpha value is -2.81. The topological polar surface area (TPSA) is 90.0 Å². The normalized spacial score (nSPS) is 11.5. The van der Waals surface area contributed by atoms with E-state index in [4.69, 9.17) is 27.6 Å². The number of aryl methyl sites for hydroxylation is 1. The van der Waals surface area contributed by atoms with Crippen LogP contribution < -0.4 is 5.32 Å². The predicted molar refractivity (Wildman–Crippen MR) is 119 cm³/mol. The van der Waals surface area contributed by atoms with E-state index >= 15 is 0 Å². The number of imidazole rings is 1. The first-order chi connectivity index (χ1) is 14.9. The lowest BCUT2D eigenvalue weighted by Crippen LogP contribution is -2.10. The molecule has 0 fully saturated rings. The molecule has 0 radical (unpaired) electrons. The minimum Gasteiger partial charge on any atom is -0.419 e. The van der Waals surface area contributed by atoms with Crippen molar-refractivity contribution in [3.8, 4) is 11.5 Å². The minimum absolute atomic E-state index is 0.0781. The highest BCUT2D eigenvalue weighted by Gasteiger charge is 2.28. The van der Waals surface area contributed by atoms with E-state index in [1.165, 1.54) is 24.3 Å². The zero-order chi connectivity index (χ0) is 21.8. The van der Waals surface area contributed by atoms with Gasteiger partial charge in [0.05, 0.1) is 11.2 Å². The summed E-state index contributed by atoms with van der Waals surface area (Å²) < 4.78 is 34.2. The number of rotatable bonds is 8. The monoisotopic (exact) mass is 476 g/mol. The highest BCUT2D eigenvalue weighted by atomic mass is 35.5. The number of halogens is 2. The second-order valence-electron chi connectivity index (χ2n) is 6.70. The standard InChI is InChI=1S/C21H18Cl2N4O3S/c22-16-4-2-15(3-5-16)19-26-21(31(28,29)18-8-6-17(23)7-9-18)20(30-19)25-10-1-12-27-13-11-24-14-27/h2-9,11,13-14,25H,1,10,12H2. The number of aromatic nitrogens is 3. The molecular formula is C21H18Cl2N4O3S. The quantitative estimate of drug-likeness (QED) is 0.352. The van der Waals surface area contributed by atoms with Crippen molar-refractivity contribution in [3.05, 3.63) is 77.3 Å². The van der Waals surface area contributed by atoms with Crippen LogP contribution >= 0.6 is 23.2 Å². The van der Waals surface area contributed by atoms with E-state index in [9.17, 15) is 8.42 Å². The van der Waals surface area contributed by atoms with E-state index in [2.05, 4.69) is 15.3 Å². The third-order valence-corrected chi connectivity index (χ3v) is 6.69. The lowest BCUT2D eigenvalue weighted by molar-refractivity contribution is 0.571. The fourth-order valence-electron chi connectivity index (χ4n) is 2.92. The van der Waals surface area contributed by atoms with Gasteiger partial charge in [0.1, 0.15) is 0 Å². The molecule has 0 aliphatic carbocycles. The van der Waals surface area contributed by atoms with Gasteiger partial charge in [-0.15, -0.1) is 0 Å². The van der Waals surface area contributed by atoms with Gasteiger partial charge in [0.25, 0.3) is 0 Å². The Morgan fingerprint density at radius 3 is 2.32 bits per heavy atom. The van der Waals surface area contributed by atoms with Crippen LogP contribution in [0.25, 0.3) is 11.5 Å². The van der Waals surface area contributed by atoms with Crippen molar-refractivity contribution in [1.82, 2.24) is 14.5 Å². The Labute approximate surface area is 189 Å². The van der Waals surface area contributed by atoms with Gasteiger partial charge >= 0.3 is 0 Å². The zero-order valence-corrected chi connectivity index (χ0v) is 18.5. The van der Waals surface area contributed by atoms with E-state index in [0.29, 0.717) is 22.2 Å². The van der Waals surface area contributed by atoms with Gasteiger partial charge in [0.15, 0.2) is 0 Å². The van der Waals surface area contributed by atoms with Gasteiger partial charge in [-0.3, -0.25) is 0 Å². The van der Waals surface area contributed by atoms with Crippen LogP contribution in [0.15, 0.2) is 81.6 Å². The molecule has 0 saturated heterocycles. The molecule has 0 aliphatic heterocycles. The van der Waals surface area contributed by atoms with Crippen molar-refractivity contribution in [3.63, 3.8) is 0 Å². The second-order valence-corrected chi connectivity index (χ2v) is 9.44. The number of hydrogen-bond acceptors (Lipinski definition) is 6.